The number of benzene rings is 1. The second kappa shape index (κ2) is 6.92. The molecule has 1 aromatic rings. The molecule has 0 heterocycles. The molecule has 3 N–H and O–H groups in total. The predicted octanol–water partition coefficient (Wildman–Crippen LogP) is 3.02. The highest BCUT2D eigenvalue weighted by atomic mass is 32.2. The summed E-state index contributed by atoms with van der Waals surface area (Å²) in [5, 5.41) is 3.28. The molecule has 1 unspecified atom stereocenters. The van der Waals surface area contributed by atoms with E-state index in [0.29, 0.717) is 11.8 Å². The third kappa shape index (κ3) is 4.25. The molecule has 0 radical (unpaired) electrons. The van der Waals surface area contributed by atoms with Gasteiger partial charge in [-0.25, -0.2) is 0 Å². The fourth-order valence-electron chi connectivity index (χ4n) is 1.99. The molecule has 0 aliphatic carbocycles. The molecule has 1 atom stereocenters. The lowest BCUT2D eigenvalue weighted by Gasteiger charge is -2.21. The van der Waals surface area contributed by atoms with E-state index in [1.807, 2.05) is 13.1 Å². The Bertz CT molecular complexity index is 350. The summed E-state index contributed by atoms with van der Waals surface area (Å²) >= 11 is 1.72. The van der Waals surface area contributed by atoms with Gasteiger partial charge in [-0.05, 0) is 55.8 Å². The molecule has 0 fully saturated rings. The van der Waals surface area contributed by atoms with E-state index in [4.69, 9.17) is 5.73 Å². The van der Waals surface area contributed by atoms with Crippen molar-refractivity contribution in [2.45, 2.75) is 25.2 Å². The van der Waals surface area contributed by atoms with Crippen LogP contribution in [0.2, 0.25) is 0 Å². The van der Waals surface area contributed by atoms with E-state index >= 15 is 0 Å². The minimum absolute atomic E-state index is 0.679. The molecule has 0 saturated heterocycles. The summed E-state index contributed by atoms with van der Waals surface area (Å²) < 4.78 is 0. The van der Waals surface area contributed by atoms with Gasteiger partial charge in [0.1, 0.15) is 0 Å². The Morgan fingerprint density at radius 2 is 2.06 bits per heavy atom. The van der Waals surface area contributed by atoms with Crippen LogP contribution in [0.1, 0.15) is 19.4 Å². The van der Waals surface area contributed by atoms with E-state index in [9.17, 15) is 0 Å². The molecule has 2 nitrogen and oxygen atoms in total. The van der Waals surface area contributed by atoms with E-state index in [-0.39, 0.29) is 0 Å². The van der Waals surface area contributed by atoms with Gasteiger partial charge in [-0.2, -0.15) is 0 Å². The van der Waals surface area contributed by atoms with Gasteiger partial charge in [0.25, 0.3) is 0 Å². The lowest BCUT2D eigenvalue weighted by molar-refractivity contribution is 0.370. The zero-order chi connectivity index (χ0) is 12.8. The predicted molar refractivity (Wildman–Crippen MR) is 78.6 cm³/mol. The molecule has 0 amide bonds. The third-order valence-electron chi connectivity index (χ3n) is 3.20. The van der Waals surface area contributed by atoms with Crippen LogP contribution >= 0.6 is 11.8 Å². The monoisotopic (exact) mass is 252 g/mol. The Hall–Kier alpha value is -0.670. The molecule has 0 aromatic heterocycles. The Labute approximate surface area is 109 Å². The SMILES string of the molecule is CNCC(Cc1ccc(N)c(SC)c1)C(C)C. The highest BCUT2D eigenvalue weighted by Crippen LogP contribution is 2.26. The molecule has 3 heteroatoms. The first-order chi connectivity index (χ1) is 8.08. The van der Waals surface area contributed by atoms with Gasteiger partial charge in [0.2, 0.25) is 0 Å². The number of nitrogen functional groups attached to an aromatic ring is 1. The second-order valence-corrected chi connectivity index (χ2v) is 5.69. The van der Waals surface area contributed by atoms with Crippen LogP contribution in [0.25, 0.3) is 0 Å². The lowest BCUT2D eigenvalue weighted by atomic mass is 9.89. The van der Waals surface area contributed by atoms with Gasteiger partial charge in [0.05, 0.1) is 0 Å². The quantitative estimate of drug-likeness (QED) is 0.604. The number of rotatable bonds is 6. The minimum atomic E-state index is 0.679. The van der Waals surface area contributed by atoms with Crippen LogP contribution in [-0.4, -0.2) is 19.8 Å². The molecular formula is C14H24N2S. The molecule has 1 aromatic carbocycles. The number of hydrogen-bond donors (Lipinski definition) is 2. The van der Waals surface area contributed by atoms with E-state index in [1.54, 1.807) is 11.8 Å². The number of hydrogen-bond acceptors (Lipinski definition) is 3. The first-order valence-electron chi connectivity index (χ1n) is 6.15. The van der Waals surface area contributed by atoms with Gasteiger partial charge in [0.15, 0.2) is 0 Å². The van der Waals surface area contributed by atoms with Crippen LogP contribution in [0.5, 0.6) is 0 Å². The topological polar surface area (TPSA) is 38.0 Å². The highest BCUT2D eigenvalue weighted by molar-refractivity contribution is 7.98. The summed E-state index contributed by atoms with van der Waals surface area (Å²) in [5.74, 6) is 1.37. The summed E-state index contributed by atoms with van der Waals surface area (Å²) in [4.78, 5) is 1.19. The van der Waals surface area contributed by atoms with Crippen molar-refractivity contribution in [2.24, 2.45) is 11.8 Å². The number of nitrogens with one attached hydrogen (secondary N) is 1. The van der Waals surface area contributed by atoms with Gasteiger partial charge in [-0.15, -0.1) is 11.8 Å². The molecule has 0 bridgehead atoms. The van der Waals surface area contributed by atoms with Crippen LogP contribution in [0.4, 0.5) is 5.69 Å². The second-order valence-electron chi connectivity index (χ2n) is 4.84. The zero-order valence-electron chi connectivity index (χ0n) is 11.3. The van der Waals surface area contributed by atoms with Crippen molar-refractivity contribution in [2.75, 3.05) is 25.6 Å². The molecule has 0 aliphatic rings. The Morgan fingerprint density at radius 3 is 2.59 bits per heavy atom. The standard InChI is InChI=1S/C14H24N2S/c1-10(2)12(9-16-3)7-11-5-6-13(15)14(8-11)17-4/h5-6,8,10,12,16H,7,9,15H2,1-4H3. The van der Waals surface area contributed by atoms with Crippen molar-refractivity contribution in [1.29, 1.82) is 0 Å². The van der Waals surface area contributed by atoms with Crippen LogP contribution in [-0.2, 0) is 6.42 Å². The average molecular weight is 252 g/mol. The first kappa shape index (κ1) is 14.4. The summed E-state index contributed by atoms with van der Waals surface area (Å²) in [5.41, 5.74) is 8.19. The largest absolute Gasteiger partial charge is 0.398 e. The van der Waals surface area contributed by atoms with E-state index in [2.05, 4.69) is 37.6 Å². The van der Waals surface area contributed by atoms with Crippen LogP contribution in [0, 0.1) is 11.8 Å². The Balaban J connectivity index is 2.78. The molecule has 1 rings (SSSR count). The van der Waals surface area contributed by atoms with E-state index in [0.717, 1.165) is 18.7 Å². The molecule has 0 spiro atoms. The van der Waals surface area contributed by atoms with Gasteiger partial charge in [0, 0.05) is 10.6 Å². The maximum Gasteiger partial charge on any atom is 0.0452 e. The number of anilines is 1. The number of thioether (sulfide) groups is 1. The Kier molecular flexibility index (Phi) is 5.86. The average Bonchev–Trinajstić information content (AvgIpc) is 2.30. The van der Waals surface area contributed by atoms with Crippen molar-refractivity contribution in [3.05, 3.63) is 23.8 Å². The maximum atomic E-state index is 5.92. The van der Waals surface area contributed by atoms with Gasteiger partial charge >= 0.3 is 0 Å². The minimum Gasteiger partial charge on any atom is -0.398 e. The molecule has 17 heavy (non-hydrogen) atoms. The van der Waals surface area contributed by atoms with Crippen molar-refractivity contribution in [3.63, 3.8) is 0 Å². The Morgan fingerprint density at radius 1 is 1.35 bits per heavy atom. The summed E-state index contributed by atoms with van der Waals surface area (Å²) in [7, 11) is 2.02. The molecule has 96 valence electrons. The van der Waals surface area contributed by atoms with Crippen molar-refractivity contribution in [1.82, 2.24) is 5.32 Å². The molecule has 0 saturated carbocycles. The fourth-order valence-corrected chi connectivity index (χ4v) is 2.56. The van der Waals surface area contributed by atoms with E-state index < -0.39 is 0 Å². The van der Waals surface area contributed by atoms with Crippen LogP contribution < -0.4 is 11.1 Å². The zero-order valence-corrected chi connectivity index (χ0v) is 12.1. The van der Waals surface area contributed by atoms with Crippen LogP contribution in [0.3, 0.4) is 0 Å². The fraction of sp³-hybridized carbons (Fsp3) is 0.571. The number of nitrogens with two attached hydrogens (primary N) is 1. The molecule has 0 aliphatic heterocycles. The van der Waals surface area contributed by atoms with E-state index in [1.165, 1.54) is 10.5 Å². The molecular weight excluding hydrogens is 228 g/mol. The van der Waals surface area contributed by atoms with Crippen molar-refractivity contribution < 1.29 is 0 Å². The van der Waals surface area contributed by atoms with Gasteiger partial charge in [-0.3, -0.25) is 0 Å². The van der Waals surface area contributed by atoms with Gasteiger partial charge in [-0.1, -0.05) is 19.9 Å². The van der Waals surface area contributed by atoms with Crippen molar-refractivity contribution in [3.8, 4) is 0 Å². The smallest absolute Gasteiger partial charge is 0.0452 e. The normalized spacial score (nSPS) is 13.0. The first-order valence-corrected chi connectivity index (χ1v) is 7.38. The van der Waals surface area contributed by atoms with Crippen LogP contribution in [0.15, 0.2) is 23.1 Å². The van der Waals surface area contributed by atoms with Crippen molar-refractivity contribution >= 4 is 17.4 Å². The van der Waals surface area contributed by atoms with Gasteiger partial charge < -0.3 is 11.1 Å². The highest BCUT2D eigenvalue weighted by Gasteiger charge is 2.13. The third-order valence-corrected chi connectivity index (χ3v) is 4.00. The summed E-state index contributed by atoms with van der Waals surface area (Å²) in [6.07, 6.45) is 3.19. The summed E-state index contributed by atoms with van der Waals surface area (Å²) in [6, 6.07) is 6.41. The summed E-state index contributed by atoms with van der Waals surface area (Å²) in [6.45, 7) is 5.64. The maximum absolute atomic E-state index is 5.92. The lowest BCUT2D eigenvalue weighted by Crippen LogP contribution is -2.25.